The molecular weight excluding hydrogens is 391 g/mol. The molecule has 158 valence electrons. The highest BCUT2D eigenvalue weighted by molar-refractivity contribution is 7.80. The summed E-state index contributed by atoms with van der Waals surface area (Å²) < 4.78 is 0. The molecule has 1 aliphatic rings. The molecule has 0 aliphatic heterocycles. The fourth-order valence-electron chi connectivity index (χ4n) is 4.39. The van der Waals surface area contributed by atoms with E-state index < -0.39 is 7.92 Å². The zero-order chi connectivity index (χ0) is 22.2. The fourth-order valence-corrected chi connectivity index (χ4v) is 6.91. The van der Waals surface area contributed by atoms with Crippen molar-refractivity contribution >= 4 is 29.4 Å². The maximum atomic E-state index is 2.50. The quantitative estimate of drug-likeness (QED) is 0.387. The second kappa shape index (κ2) is 8.60. The van der Waals surface area contributed by atoms with Crippen LogP contribution in [-0.4, -0.2) is 0 Å². The van der Waals surface area contributed by atoms with Gasteiger partial charge >= 0.3 is 0 Å². The first-order chi connectivity index (χ1) is 14.8. The smallest absolute Gasteiger partial charge is 0.00551 e. The van der Waals surface area contributed by atoms with Crippen LogP contribution in [0, 0.1) is 0 Å². The molecule has 0 atom stereocenters. The molecule has 31 heavy (non-hydrogen) atoms. The Kier molecular flexibility index (Phi) is 6.05. The number of hydrogen-bond donors (Lipinski definition) is 0. The van der Waals surface area contributed by atoms with Crippen LogP contribution in [0.15, 0.2) is 95.6 Å². The van der Waals surface area contributed by atoms with Crippen LogP contribution < -0.4 is 15.9 Å². The Morgan fingerprint density at radius 2 is 1.23 bits per heavy atom. The molecular formula is C30H33P. The van der Waals surface area contributed by atoms with Gasteiger partial charge in [-0.05, 0) is 90.4 Å². The van der Waals surface area contributed by atoms with Gasteiger partial charge in [0, 0.05) is 0 Å². The average molecular weight is 425 g/mol. The Balaban J connectivity index is 2.00. The van der Waals surface area contributed by atoms with E-state index in [1.165, 1.54) is 49.3 Å². The Labute approximate surface area is 189 Å². The molecule has 0 N–H and O–H groups in total. The minimum atomic E-state index is -0.647. The van der Waals surface area contributed by atoms with Crippen LogP contribution in [-0.2, 0) is 5.41 Å². The van der Waals surface area contributed by atoms with Gasteiger partial charge in [-0.3, -0.25) is 0 Å². The maximum Gasteiger partial charge on any atom is -0.00551 e. The lowest BCUT2D eigenvalue weighted by Crippen LogP contribution is -2.25. The Morgan fingerprint density at radius 3 is 1.68 bits per heavy atom. The molecule has 0 bridgehead atoms. The van der Waals surface area contributed by atoms with Crippen molar-refractivity contribution in [1.29, 1.82) is 0 Å². The van der Waals surface area contributed by atoms with E-state index in [0.29, 0.717) is 0 Å². The molecule has 0 aromatic heterocycles. The highest BCUT2D eigenvalue weighted by Gasteiger charge is 2.26. The third-order valence-corrected chi connectivity index (χ3v) is 9.04. The van der Waals surface area contributed by atoms with E-state index in [1.54, 1.807) is 0 Å². The van der Waals surface area contributed by atoms with Crippen LogP contribution in [0.1, 0.15) is 59.1 Å². The summed E-state index contributed by atoms with van der Waals surface area (Å²) in [7, 11) is -0.647. The molecule has 0 heterocycles. The normalized spacial score (nSPS) is 14.7. The summed E-state index contributed by atoms with van der Waals surface area (Å²) in [6.45, 7) is 13.8. The van der Waals surface area contributed by atoms with Crippen molar-refractivity contribution in [2.24, 2.45) is 0 Å². The highest BCUT2D eigenvalue weighted by Crippen LogP contribution is 2.43. The molecule has 0 radical (unpaired) electrons. The van der Waals surface area contributed by atoms with Gasteiger partial charge in [0.25, 0.3) is 0 Å². The van der Waals surface area contributed by atoms with E-state index in [1.807, 2.05) is 0 Å². The predicted molar refractivity (Wildman–Crippen MR) is 139 cm³/mol. The lowest BCUT2D eigenvalue weighted by molar-refractivity contribution is 0.591. The Morgan fingerprint density at radius 1 is 0.677 bits per heavy atom. The molecule has 0 spiro atoms. The van der Waals surface area contributed by atoms with Gasteiger partial charge in [0.15, 0.2) is 0 Å². The van der Waals surface area contributed by atoms with E-state index in [2.05, 4.69) is 120 Å². The molecule has 1 heteroatoms. The van der Waals surface area contributed by atoms with Crippen molar-refractivity contribution in [1.82, 2.24) is 0 Å². The standard InChI is InChI=1S/C30H33P/c1-21-19-28(23(3)22(21)2)27-18-17-24(30(4,5)6)20-29(27)31(25-13-9-7-10-14-25)26-15-11-8-12-16-26/h7-18,20H,19H2,1-6H3. The minimum absolute atomic E-state index is 0.116. The van der Waals surface area contributed by atoms with E-state index in [0.717, 1.165) is 6.42 Å². The van der Waals surface area contributed by atoms with Crippen molar-refractivity contribution in [3.63, 3.8) is 0 Å². The van der Waals surface area contributed by atoms with Gasteiger partial charge in [-0.15, -0.1) is 0 Å². The fraction of sp³-hybridized carbons (Fsp3) is 0.267. The second-order valence-electron chi connectivity index (χ2n) is 9.67. The van der Waals surface area contributed by atoms with E-state index in [-0.39, 0.29) is 5.41 Å². The minimum Gasteiger partial charge on any atom is -0.0657 e. The first-order valence-electron chi connectivity index (χ1n) is 11.2. The second-order valence-corrected chi connectivity index (χ2v) is 11.9. The van der Waals surface area contributed by atoms with Crippen molar-refractivity contribution in [2.45, 2.75) is 53.4 Å². The monoisotopic (exact) mass is 424 g/mol. The van der Waals surface area contributed by atoms with Crippen molar-refractivity contribution in [3.8, 4) is 0 Å². The van der Waals surface area contributed by atoms with Crippen LogP contribution in [0.5, 0.6) is 0 Å². The van der Waals surface area contributed by atoms with Gasteiger partial charge in [-0.1, -0.05) is 99.1 Å². The molecule has 4 rings (SSSR count). The zero-order valence-electron chi connectivity index (χ0n) is 19.7. The van der Waals surface area contributed by atoms with Gasteiger partial charge < -0.3 is 0 Å². The summed E-state index contributed by atoms with van der Waals surface area (Å²) in [6.07, 6.45) is 1.06. The molecule has 0 saturated carbocycles. The number of allylic oxidation sites excluding steroid dienone is 4. The molecule has 3 aromatic carbocycles. The predicted octanol–water partition coefficient (Wildman–Crippen LogP) is 7.26. The van der Waals surface area contributed by atoms with Crippen molar-refractivity contribution in [3.05, 3.63) is 107 Å². The third kappa shape index (κ3) is 4.32. The van der Waals surface area contributed by atoms with Gasteiger partial charge in [0.05, 0.1) is 0 Å². The van der Waals surface area contributed by atoms with Crippen LogP contribution in [0.25, 0.3) is 5.57 Å². The third-order valence-electron chi connectivity index (χ3n) is 6.56. The summed E-state index contributed by atoms with van der Waals surface area (Å²) in [5, 5.41) is 4.30. The molecule has 0 unspecified atom stereocenters. The van der Waals surface area contributed by atoms with Gasteiger partial charge in [-0.25, -0.2) is 0 Å². The highest BCUT2D eigenvalue weighted by atomic mass is 31.1. The summed E-state index contributed by atoms with van der Waals surface area (Å²) in [4.78, 5) is 0. The largest absolute Gasteiger partial charge is 0.0657 e. The van der Waals surface area contributed by atoms with Crippen LogP contribution in [0.2, 0.25) is 0 Å². The number of rotatable bonds is 4. The molecule has 3 aromatic rings. The Hall–Kier alpha value is -2.43. The number of benzene rings is 3. The van der Waals surface area contributed by atoms with Gasteiger partial charge in [0.1, 0.15) is 0 Å². The number of hydrogen-bond acceptors (Lipinski definition) is 0. The topological polar surface area (TPSA) is 0 Å². The molecule has 0 amide bonds. The lowest BCUT2D eigenvalue weighted by Gasteiger charge is -2.27. The molecule has 0 saturated heterocycles. The first kappa shape index (κ1) is 21.8. The summed E-state index contributed by atoms with van der Waals surface area (Å²) in [5.74, 6) is 0. The van der Waals surface area contributed by atoms with Crippen LogP contribution >= 0.6 is 7.92 Å². The van der Waals surface area contributed by atoms with Crippen molar-refractivity contribution in [2.75, 3.05) is 0 Å². The van der Waals surface area contributed by atoms with Gasteiger partial charge in [-0.2, -0.15) is 0 Å². The maximum absolute atomic E-state index is 2.50. The molecule has 0 nitrogen and oxygen atoms in total. The molecule has 1 aliphatic carbocycles. The van der Waals surface area contributed by atoms with Crippen LogP contribution in [0.4, 0.5) is 0 Å². The van der Waals surface area contributed by atoms with E-state index in [4.69, 9.17) is 0 Å². The van der Waals surface area contributed by atoms with Gasteiger partial charge in [0.2, 0.25) is 0 Å². The summed E-state index contributed by atoms with van der Waals surface area (Å²) >= 11 is 0. The van der Waals surface area contributed by atoms with E-state index >= 15 is 0 Å². The summed E-state index contributed by atoms with van der Waals surface area (Å²) in [6, 6.07) is 29.4. The Bertz CT molecular complexity index is 1100. The SMILES string of the molecule is CC1=C(C)C(C)=C(c2ccc(C(C)(C)C)cc2P(c2ccccc2)c2ccccc2)C1. The van der Waals surface area contributed by atoms with Crippen LogP contribution in [0.3, 0.4) is 0 Å². The molecule has 0 fully saturated rings. The first-order valence-corrected chi connectivity index (χ1v) is 12.5. The lowest BCUT2D eigenvalue weighted by atomic mass is 9.86. The van der Waals surface area contributed by atoms with Crippen molar-refractivity contribution < 1.29 is 0 Å². The average Bonchev–Trinajstić information content (AvgIpc) is 3.02. The zero-order valence-corrected chi connectivity index (χ0v) is 20.6. The van der Waals surface area contributed by atoms with E-state index in [9.17, 15) is 0 Å². The summed E-state index contributed by atoms with van der Waals surface area (Å²) in [5.41, 5.74) is 8.88.